The lowest BCUT2D eigenvalue weighted by atomic mass is 9.99. The summed E-state index contributed by atoms with van der Waals surface area (Å²) in [5, 5.41) is 3.96. The van der Waals surface area contributed by atoms with Gasteiger partial charge in [0, 0.05) is 20.4 Å². The van der Waals surface area contributed by atoms with Crippen LogP contribution in [0.4, 0.5) is 0 Å². The van der Waals surface area contributed by atoms with Gasteiger partial charge in [-0.1, -0.05) is 154 Å². The molecule has 230 valence electrons. The van der Waals surface area contributed by atoms with E-state index in [1.807, 2.05) is 10.6 Å². The summed E-state index contributed by atoms with van der Waals surface area (Å²) in [5.41, 5.74) is 6.82. The van der Waals surface area contributed by atoms with E-state index in [0.29, 0.717) is 0 Å². The number of benzene rings is 2. The van der Waals surface area contributed by atoms with E-state index in [0.717, 1.165) is 22.6 Å². The second-order valence-electron chi connectivity index (χ2n) is 14.2. The Bertz CT molecular complexity index is 1120. The van der Waals surface area contributed by atoms with Crippen LogP contribution in [0.2, 0.25) is 0 Å². The van der Waals surface area contributed by atoms with Crippen molar-refractivity contribution in [2.24, 2.45) is 0 Å². The van der Waals surface area contributed by atoms with Gasteiger partial charge in [0.1, 0.15) is 0 Å². The zero-order chi connectivity index (χ0) is 28.8. The van der Waals surface area contributed by atoms with Crippen LogP contribution in [0.25, 0.3) is 20.9 Å². The average molecular weight is 629 g/mol. The van der Waals surface area contributed by atoms with E-state index in [1.165, 1.54) is 140 Å². The van der Waals surface area contributed by atoms with Gasteiger partial charge in [0.25, 0.3) is 0 Å². The predicted octanol–water partition coefficient (Wildman–Crippen LogP) is 12.6. The van der Waals surface area contributed by atoms with Gasteiger partial charge >= 0.3 is 0 Å². The first-order valence-electron chi connectivity index (χ1n) is 18.2. The Morgan fingerprint density at radius 1 is 0.372 bits per heavy atom. The van der Waals surface area contributed by atoms with Crippen molar-refractivity contribution in [1.82, 2.24) is 0 Å². The third kappa shape index (κ3) is 6.91. The Morgan fingerprint density at radius 3 is 0.930 bits per heavy atom. The SMILES string of the molecule is c1ccc(-c2sc(-c3ccccc3)c(P(C3CCCCC3)C3CCCCC3)c2P(C2CCCCC2)C2CCCCC2)cc1. The molecule has 0 atom stereocenters. The smallest absolute Gasteiger partial charge is 0.0433 e. The Kier molecular flexibility index (Phi) is 10.7. The summed E-state index contributed by atoms with van der Waals surface area (Å²) < 4.78 is 0. The maximum atomic E-state index is 2.46. The molecular formula is C40H54P2S. The summed E-state index contributed by atoms with van der Waals surface area (Å²) in [4.78, 5) is 3.41. The lowest BCUT2D eigenvalue weighted by molar-refractivity contribution is 0.486. The summed E-state index contributed by atoms with van der Waals surface area (Å²) in [6, 6.07) is 23.6. The van der Waals surface area contributed by atoms with Crippen molar-refractivity contribution in [3.63, 3.8) is 0 Å². The summed E-state index contributed by atoms with van der Waals surface area (Å²) in [6.45, 7) is 0. The minimum absolute atomic E-state index is 0.175. The van der Waals surface area contributed by atoms with E-state index in [4.69, 9.17) is 0 Å². The van der Waals surface area contributed by atoms with Crippen LogP contribution in [0.15, 0.2) is 60.7 Å². The zero-order valence-electron chi connectivity index (χ0n) is 26.5. The first-order chi connectivity index (χ1) is 21.4. The summed E-state index contributed by atoms with van der Waals surface area (Å²) in [5.74, 6) is 0. The lowest BCUT2D eigenvalue weighted by Crippen LogP contribution is -2.36. The van der Waals surface area contributed by atoms with Gasteiger partial charge < -0.3 is 0 Å². The second-order valence-corrected chi connectivity index (χ2v) is 20.6. The number of thiophene rings is 1. The van der Waals surface area contributed by atoms with E-state index < -0.39 is 0 Å². The molecule has 3 heteroatoms. The standard InChI is InChI=1S/C40H54P2S/c1-7-19-31(20-8-1)39-37(41(33-23-11-3-12-24-33)34-25-13-4-14-26-34)38(40(43-39)32-21-9-2-10-22-32)42(35-27-15-5-16-28-35)36-29-17-6-18-30-36/h1-2,7-10,19-22,33-36H,3-6,11-18,23-30H2. The van der Waals surface area contributed by atoms with Crippen molar-refractivity contribution in [2.75, 3.05) is 0 Å². The van der Waals surface area contributed by atoms with Crippen molar-refractivity contribution in [2.45, 2.75) is 151 Å². The number of hydrogen-bond donors (Lipinski definition) is 0. The Hall–Kier alpha value is -1.00. The monoisotopic (exact) mass is 628 g/mol. The van der Waals surface area contributed by atoms with Crippen molar-refractivity contribution in [3.05, 3.63) is 60.7 Å². The van der Waals surface area contributed by atoms with Crippen molar-refractivity contribution in [3.8, 4) is 20.9 Å². The maximum Gasteiger partial charge on any atom is 0.0433 e. The van der Waals surface area contributed by atoms with Crippen LogP contribution in [-0.4, -0.2) is 22.6 Å². The number of hydrogen-bond acceptors (Lipinski definition) is 1. The van der Waals surface area contributed by atoms with Crippen molar-refractivity contribution >= 4 is 37.8 Å². The molecule has 0 unspecified atom stereocenters. The third-order valence-electron chi connectivity index (χ3n) is 11.3. The minimum Gasteiger partial charge on any atom is -0.134 e. The molecule has 1 aromatic heterocycles. The second kappa shape index (κ2) is 15.1. The van der Waals surface area contributed by atoms with Crippen LogP contribution in [0.5, 0.6) is 0 Å². The number of rotatable bonds is 8. The van der Waals surface area contributed by atoms with E-state index in [2.05, 4.69) is 72.0 Å². The van der Waals surface area contributed by atoms with Crippen molar-refractivity contribution in [1.29, 1.82) is 0 Å². The third-order valence-corrected chi connectivity index (χ3v) is 20.2. The predicted molar refractivity (Wildman–Crippen MR) is 196 cm³/mol. The molecule has 4 fully saturated rings. The summed E-state index contributed by atoms with van der Waals surface area (Å²) in [7, 11) is -0.349. The molecule has 2 aromatic carbocycles. The maximum absolute atomic E-state index is 2.46. The van der Waals surface area contributed by atoms with E-state index in [9.17, 15) is 0 Å². The molecule has 4 aliphatic carbocycles. The van der Waals surface area contributed by atoms with Crippen LogP contribution in [0.1, 0.15) is 128 Å². The highest BCUT2D eigenvalue weighted by Gasteiger charge is 2.42. The van der Waals surface area contributed by atoms with Crippen LogP contribution in [0, 0.1) is 0 Å². The molecule has 43 heavy (non-hydrogen) atoms. The van der Waals surface area contributed by atoms with Gasteiger partial charge in [-0.05, 0) is 85.1 Å². The highest BCUT2D eigenvalue weighted by molar-refractivity contribution is 7.75. The Balaban J connectivity index is 1.49. The fourth-order valence-electron chi connectivity index (χ4n) is 9.23. The molecule has 0 N–H and O–H groups in total. The fourth-order valence-corrected chi connectivity index (χ4v) is 19.9. The van der Waals surface area contributed by atoms with Gasteiger partial charge in [-0.2, -0.15) is 0 Å². The zero-order valence-corrected chi connectivity index (χ0v) is 29.1. The molecular weight excluding hydrogens is 574 g/mol. The summed E-state index contributed by atoms with van der Waals surface area (Å²) >= 11 is 2.24. The van der Waals surface area contributed by atoms with Crippen LogP contribution >= 0.6 is 27.2 Å². The molecule has 3 aromatic rings. The molecule has 0 amide bonds. The highest BCUT2D eigenvalue weighted by atomic mass is 32.1. The minimum atomic E-state index is -0.175. The quantitative estimate of drug-likeness (QED) is 0.218. The van der Waals surface area contributed by atoms with Gasteiger partial charge in [0.05, 0.1) is 0 Å². The van der Waals surface area contributed by atoms with Gasteiger partial charge in [0.15, 0.2) is 0 Å². The average Bonchev–Trinajstić information content (AvgIpc) is 3.47. The molecule has 0 nitrogen and oxygen atoms in total. The van der Waals surface area contributed by atoms with Crippen LogP contribution < -0.4 is 10.6 Å². The lowest BCUT2D eigenvalue weighted by Gasteiger charge is -2.43. The largest absolute Gasteiger partial charge is 0.134 e. The van der Waals surface area contributed by atoms with Gasteiger partial charge in [-0.25, -0.2) is 0 Å². The van der Waals surface area contributed by atoms with Crippen LogP contribution in [-0.2, 0) is 0 Å². The van der Waals surface area contributed by atoms with E-state index in [1.54, 1.807) is 9.75 Å². The first-order valence-corrected chi connectivity index (χ1v) is 22.0. The Morgan fingerprint density at radius 2 is 0.651 bits per heavy atom. The van der Waals surface area contributed by atoms with E-state index in [-0.39, 0.29) is 15.8 Å². The molecule has 0 aliphatic heterocycles. The molecule has 1 heterocycles. The normalized spacial score (nSPS) is 22.0. The van der Waals surface area contributed by atoms with Crippen molar-refractivity contribution < 1.29 is 0 Å². The van der Waals surface area contributed by atoms with E-state index >= 15 is 0 Å². The molecule has 4 saturated carbocycles. The Labute approximate surface area is 269 Å². The van der Waals surface area contributed by atoms with Crippen LogP contribution in [0.3, 0.4) is 0 Å². The molecule has 0 saturated heterocycles. The highest BCUT2D eigenvalue weighted by Crippen LogP contribution is 2.63. The summed E-state index contributed by atoms with van der Waals surface area (Å²) in [6.07, 6.45) is 29.7. The molecule has 7 rings (SSSR count). The fraction of sp³-hybridized carbons (Fsp3) is 0.600. The molecule has 0 bridgehead atoms. The molecule has 4 aliphatic rings. The van der Waals surface area contributed by atoms with Gasteiger partial charge in [0.2, 0.25) is 0 Å². The molecule has 0 spiro atoms. The topological polar surface area (TPSA) is 0 Å². The molecule has 0 radical (unpaired) electrons. The van der Waals surface area contributed by atoms with Gasteiger partial charge in [-0.15, -0.1) is 11.3 Å². The van der Waals surface area contributed by atoms with Gasteiger partial charge in [-0.3, -0.25) is 0 Å². The first kappa shape index (κ1) is 30.6.